The molecule has 3 heterocycles. The van der Waals surface area contributed by atoms with E-state index in [-0.39, 0.29) is 10.7 Å². The van der Waals surface area contributed by atoms with Gasteiger partial charge in [-0.1, -0.05) is 114 Å². The summed E-state index contributed by atoms with van der Waals surface area (Å²) in [6, 6.07) is 29.6. The van der Waals surface area contributed by atoms with Gasteiger partial charge in [0, 0.05) is 10.7 Å². The fourth-order valence-electron chi connectivity index (χ4n) is 6.45. The van der Waals surface area contributed by atoms with Crippen molar-refractivity contribution < 1.29 is 19.1 Å². The van der Waals surface area contributed by atoms with Gasteiger partial charge >= 0.3 is 5.97 Å². The van der Waals surface area contributed by atoms with Crippen LogP contribution in [0, 0.1) is 11.8 Å². The Hall–Kier alpha value is -4.39. The number of hydrogen-bond donors (Lipinski definition) is 0. The lowest BCUT2D eigenvalue weighted by atomic mass is 9.88. The lowest BCUT2D eigenvalue weighted by Gasteiger charge is -2.36. The highest BCUT2D eigenvalue weighted by Gasteiger charge is 2.65. The van der Waals surface area contributed by atoms with Crippen molar-refractivity contribution >= 4 is 58.4 Å². The number of ether oxygens (including phenoxy) is 1. The Bertz CT molecular complexity index is 1700. The second-order valence-electron chi connectivity index (χ2n) is 10.6. The lowest BCUT2D eigenvalue weighted by Crippen LogP contribution is -2.49. The third-order valence-electron chi connectivity index (χ3n) is 8.25. The SMILES string of the molecule is O=C(OC(c1ccccc1)c1ccccc1)[C@H]1[C@H]2C(=O)N(c3ccc(Cl)cc3Cl)C(=O)[C@@H]2[C@H]2C=Cc3ccccc3N21. The second kappa shape index (κ2) is 10.5. The van der Waals surface area contributed by atoms with E-state index in [1.807, 2.05) is 102 Å². The van der Waals surface area contributed by atoms with Crippen LogP contribution in [-0.4, -0.2) is 29.9 Å². The van der Waals surface area contributed by atoms with Gasteiger partial charge in [-0.05, 0) is 41.0 Å². The van der Waals surface area contributed by atoms with Crippen LogP contribution in [0.4, 0.5) is 11.4 Å². The van der Waals surface area contributed by atoms with Crippen molar-refractivity contribution in [2.24, 2.45) is 11.8 Å². The molecule has 208 valence electrons. The zero-order valence-electron chi connectivity index (χ0n) is 22.1. The zero-order chi connectivity index (χ0) is 29.0. The molecule has 0 aliphatic carbocycles. The number of carbonyl (C=O) groups is 3. The highest BCUT2D eigenvalue weighted by molar-refractivity contribution is 6.38. The minimum Gasteiger partial charge on any atom is -0.451 e. The summed E-state index contributed by atoms with van der Waals surface area (Å²) in [5.74, 6) is -3.28. The molecule has 0 bridgehead atoms. The summed E-state index contributed by atoms with van der Waals surface area (Å²) in [5, 5.41) is 0.563. The number of rotatable bonds is 5. The normalized spacial score (nSPS) is 22.3. The van der Waals surface area contributed by atoms with E-state index in [1.165, 1.54) is 6.07 Å². The molecular weight excluding hydrogens is 571 g/mol. The molecule has 0 radical (unpaired) electrons. The quantitative estimate of drug-likeness (QED) is 0.190. The fourth-order valence-corrected chi connectivity index (χ4v) is 6.95. The Labute approximate surface area is 252 Å². The number of nitrogens with zero attached hydrogens (tertiary/aromatic N) is 2. The summed E-state index contributed by atoms with van der Waals surface area (Å²) in [4.78, 5) is 45.6. The number of halogens is 2. The molecule has 0 aromatic heterocycles. The first-order valence-electron chi connectivity index (χ1n) is 13.6. The molecule has 2 fully saturated rings. The van der Waals surface area contributed by atoms with Crippen LogP contribution in [0.2, 0.25) is 10.0 Å². The van der Waals surface area contributed by atoms with Gasteiger partial charge in [0.25, 0.3) is 0 Å². The van der Waals surface area contributed by atoms with E-state index in [4.69, 9.17) is 27.9 Å². The Morgan fingerprint density at radius 2 is 1.36 bits per heavy atom. The number of anilines is 2. The number of fused-ring (bicyclic) bond motifs is 5. The summed E-state index contributed by atoms with van der Waals surface area (Å²) < 4.78 is 6.31. The highest BCUT2D eigenvalue weighted by Crippen LogP contribution is 2.50. The first-order valence-corrected chi connectivity index (χ1v) is 14.4. The molecule has 0 N–H and O–H groups in total. The Morgan fingerprint density at radius 3 is 2.02 bits per heavy atom. The molecule has 3 aliphatic rings. The van der Waals surface area contributed by atoms with Crippen LogP contribution < -0.4 is 9.80 Å². The number of imide groups is 1. The molecule has 3 aliphatic heterocycles. The van der Waals surface area contributed by atoms with Gasteiger partial charge in [-0.15, -0.1) is 0 Å². The molecule has 4 aromatic carbocycles. The number of esters is 1. The van der Waals surface area contributed by atoms with Crippen molar-refractivity contribution in [1.29, 1.82) is 0 Å². The van der Waals surface area contributed by atoms with Crippen LogP contribution in [0.5, 0.6) is 0 Å². The molecule has 8 heteroatoms. The van der Waals surface area contributed by atoms with Gasteiger partial charge in [-0.25, -0.2) is 9.69 Å². The van der Waals surface area contributed by atoms with E-state index in [1.54, 1.807) is 12.1 Å². The van der Waals surface area contributed by atoms with Crippen LogP contribution in [-0.2, 0) is 19.1 Å². The average Bonchev–Trinajstić information content (AvgIpc) is 3.49. The van der Waals surface area contributed by atoms with Crippen LogP contribution in [0.15, 0.2) is 109 Å². The van der Waals surface area contributed by atoms with Crippen LogP contribution in [0.1, 0.15) is 22.8 Å². The monoisotopic (exact) mass is 594 g/mol. The summed E-state index contributed by atoms with van der Waals surface area (Å²) in [6.07, 6.45) is 3.13. The maximum atomic E-state index is 14.4. The third-order valence-corrected chi connectivity index (χ3v) is 8.78. The molecule has 6 nitrogen and oxygen atoms in total. The number of benzene rings is 4. The summed E-state index contributed by atoms with van der Waals surface area (Å²) >= 11 is 12.6. The largest absolute Gasteiger partial charge is 0.451 e. The first-order chi connectivity index (χ1) is 20.4. The van der Waals surface area contributed by atoms with Crippen LogP contribution in [0.25, 0.3) is 6.08 Å². The van der Waals surface area contributed by atoms with Gasteiger partial charge in [0.2, 0.25) is 11.8 Å². The van der Waals surface area contributed by atoms with Gasteiger partial charge in [0.15, 0.2) is 6.10 Å². The van der Waals surface area contributed by atoms with Crippen molar-refractivity contribution in [2.75, 3.05) is 9.80 Å². The Morgan fingerprint density at radius 1 is 0.738 bits per heavy atom. The van der Waals surface area contributed by atoms with Crippen molar-refractivity contribution in [3.05, 3.63) is 136 Å². The van der Waals surface area contributed by atoms with E-state index < -0.39 is 47.8 Å². The van der Waals surface area contributed by atoms with Gasteiger partial charge in [-0.3, -0.25) is 9.59 Å². The smallest absolute Gasteiger partial charge is 0.330 e. The first kappa shape index (κ1) is 26.5. The molecule has 0 spiro atoms. The number of amides is 2. The molecule has 2 saturated heterocycles. The summed E-state index contributed by atoms with van der Waals surface area (Å²) in [7, 11) is 0. The van der Waals surface area contributed by atoms with Crippen molar-refractivity contribution in [2.45, 2.75) is 18.2 Å². The molecule has 4 atom stereocenters. The summed E-state index contributed by atoms with van der Waals surface area (Å²) in [5.41, 5.74) is 3.51. The molecule has 42 heavy (non-hydrogen) atoms. The Kier molecular flexibility index (Phi) is 6.60. The lowest BCUT2D eigenvalue weighted by molar-refractivity contribution is -0.151. The van der Waals surface area contributed by atoms with Gasteiger partial charge < -0.3 is 9.64 Å². The van der Waals surface area contributed by atoms with Crippen molar-refractivity contribution in [1.82, 2.24) is 0 Å². The minimum absolute atomic E-state index is 0.179. The molecule has 0 saturated carbocycles. The van der Waals surface area contributed by atoms with E-state index in [9.17, 15) is 14.4 Å². The van der Waals surface area contributed by atoms with Crippen LogP contribution >= 0.6 is 23.2 Å². The highest BCUT2D eigenvalue weighted by atomic mass is 35.5. The van der Waals surface area contributed by atoms with E-state index in [2.05, 4.69) is 0 Å². The number of carbonyl (C=O) groups excluding carboxylic acids is 3. The molecule has 0 unspecified atom stereocenters. The number of para-hydroxylation sites is 1. The maximum Gasteiger partial charge on any atom is 0.330 e. The van der Waals surface area contributed by atoms with Gasteiger partial charge in [0.1, 0.15) is 6.04 Å². The maximum absolute atomic E-state index is 14.4. The standard InChI is InChI=1S/C34H24Cl2N2O4/c35-23-16-18-26(24(36)19-23)38-32(39)28-27-17-15-20-9-7-8-14-25(20)37(27)30(29(28)33(38)40)34(41)42-31(21-10-3-1-4-11-21)22-12-5-2-6-13-22/h1-19,27-31H/t27-,28-,29+,30-/m1/s1. The van der Waals surface area contributed by atoms with Crippen molar-refractivity contribution in [3.63, 3.8) is 0 Å². The Balaban J connectivity index is 1.32. The van der Waals surface area contributed by atoms with Gasteiger partial charge in [-0.2, -0.15) is 0 Å². The second-order valence-corrected chi connectivity index (χ2v) is 11.4. The summed E-state index contributed by atoms with van der Waals surface area (Å²) in [6.45, 7) is 0. The predicted molar refractivity (Wildman–Crippen MR) is 162 cm³/mol. The topological polar surface area (TPSA) is 66.9 Å². The third kappa shape index (κ3) is 4.21. The van der Waals surface area contributed by atoms with Gasteiger partial charge in [0.05, 0.1) is 28.6 Å². The molecular formula is C34H24Cl2N2O4. The molecule has 4 aromatic rings. The predicted octanol–water partition coefficient (Wildman–Crippen LogP) is 6.72. The molecule has 2 amide bonds. The number of hydrogen-bond acceptors (Lipinski definition) is 5. The van der Waals surface area contributed by atoms with Crippen molar-refractivity contribution in [3.8, 4) is 0 Å². The van der Waals surface area contributed by atoms with E-state index in [0.717, 1.165) is 27.3 Å². The molecule has 7 rings (SSSR count). The fraction of sp³-hybridized carbons (Fsp3) is 0.147. The average molecular weight is 595 g/mol. The minimum atomic E-state index is -1.05. The van der Waals surface area contributed by atoms with Crippen LogP contribution in [0.3, 0.4) is 0 Å². The van der Waals surface area contributed by atoms with E-state index in [0.29, 0.717) is 5.02 Å². The van der Waals surface area contributed by atoms with E-state index >= 15 is 0 Å². The zero-order valence-corrected chi connectivity index (χ0v) is 23.7.